The van der Waals surface area contributed by atoms with Gasteiger partial charge in [-0.2, -0.15) is 16.9 Å². The van der Waals surface area contributed by atoms with Gasteiger partial charge >= 0.3 is 0 Å². The van der Waals surface area contributed by atoms with Crippen LogP contribution in [0, 0.1) is 0 Å². The Morgan fingerprint density at radius 2 is 2.00 bits per heavy atom. The van der Waals surface area contributed by atoms with E-state index in [9.17, 15) is 4.79 Å². The minimum Gasteiger partial charge on any atom is -0.396 e. The number of hydrogen-bond acceptors (Lipinski definition) is 4. The highest BCUT2D eigenvalue weighted by Crippen LogP contribution is 2.20. The maximum atomic E-state index is 11.6. The maximum Gasteiger partial charge on any atom is 0.267 e. The SMILES string of the molecule is O=c1[nH]nc(CCSCCO)c2c1CCCC2. The van der Waals surface area contributed by atoms with Crippen LogP contribution in [-0.4, -0.2) is 33.4 Å². The average Bonchev–Trinajstić information content (AvgIpc) is 2.37. The van der Waals surface area contributed by atoms with Crippen molar-refractivity contribution in [2.75, 3.05) is 18.1 Å². The molecule has 0 aliphatic heterocycles. The van der Waals surface area contributed by atoms with Crippen molar-refractivity contribution in [3.63, 3.8) is 0 Å². The molecule has 0 bridgehead atoms. The van der Waals surface area contributed by atoms with Crippen LogP contribution < -0.4 is 5.56 Å². The summed E-state index contributed by atoms with van der Waals surface area (Å²) in [6.45, 7) is 0.224. The Bertz CT molecular complexity index is 431. The van der Waals surface area contributed by atoms with Crippen LogP contribution in [0.3, 0.4) is 0 Å². The minimum absolute atomic E-state index is 0.00791. The third-order valence-electron chi connectivity index (χ3n) is 3.10. The lowest BCUT2D eigenvalue weighted by atomic mass is 9.91. The number of nitrogens with zero attached hydrogens (tertiary/aromatic N) is 1. The monoisotopic (exact) mass is 254 g/mol. The zero-order valence-corrected chi connectivity index (χ0v) is 10.7. The number of hydrogen-bond donors (Lipinski definition) is 2. The Balaban J connectivity index is 2.09. The standard InChI is InChI=1S/C12H18N2O2S/c15-6-8-17-7-5-11-9-3-1-2-4-10(9)12(16)14-13-11/h15H,1-8H2,(H,14,16). The van der Waals surface area contributed by atoms with Gasteiger partial charge in [0.25, 0.3) is 5.56 Å². The molecule has 2 N–H and O–H groups in total. The van der Waals surface area contributed by atoms with Gasteiger partial charge in [0.15, 0.2) is 0 Å². The third kappa shape index (κ3) is 3.10. The molecule has 4 nitrogen and oxygen atoms in total. The van der Waals surface area contributed by atoms with Crippen molar-refractivity contribution in [1.29, 1.82) is 0 Å². The van der Waals surface area contributed by atoms with E-state index in [1.807, 2.05) is 0 Å². The summed E-state index contributed by atoms with van der Waals surface area (Å²) in [6, 6.07) is 0. The van der Waals surface area contributed by atoms with Crippen LogP contribution in [0.15, 0.2) is 4.79 Å². The molecule has 94 valence electrons. The molecule has 0 saturated carbocycles. The highest BCUT2D eigenvalue weighted by Gasteiger charge is 2.17. The molecule has 0 spiro atoms. The van der Waals surface area contributed by atoms with E-state index in [0.717, 1.165) is 54.9 Å². The molecule has 0 aromatic carbocycles. The number of aliphatic hydroxyl groups excluding tert-OH is 1. The van der Waals surface area contributed by atoms with E-state index < -0.39 is 0 Å². The quantitative estimate of drug-likeness (QED) is 0.767. The van der Waals surface area contributed by atoms with Gasteiger partial charge < -0.3 is 5.11 Å². The normalized spacial score (nSPS) is 14.6. The summed E-state index contributed by atoms with van der Waals surface area (Å²) in [5, 5.41) is 15.5. The predicted octanol–water partition coefficient (Wildman–Crippen LogP) is 0.917. The van der Waals surface area contributed by atoms with Crippen molar-refractivity contribution in [3.8, 4) is 0 Å². The number of thioether (sulfide) groups is 1. The topological polar surface area (TPSA) is 66.0 Å². The minimum atomic E-state index is -0.00791. The summed E-state index contributed by atoms with van der Waals surface area (Å²) >= 11 is 1.72. The molecule has 0 unspecified atom stereocenters. The van der Waals surface area contributed by atoms with Gasteiger partial charge in [0.2, 0.25) is 0 Å². The number of nitrogens with one attached hydrogen (secondary N) is 1. The molecule has 1 aliphatic carbocycles. The Kier molecular flexibility index (Phi) is 4.62. The van der Waals surface area contributed by atoms with E-state index in [1.165, 1.54) is 5.56 Å². The number of aromatic amines is 1. The number of H-pyrrole nitrogens is 1. The fourth-order valence-electron chi connectivity index (χ4n) is 2.27. The van der Waals surface area contributed by atoms with Gasteiger partial charge in [0.05, 0.1) is 12.3 Å². The first-order chi connectivity index (χ1) is 8.33. The summed E-state index contributed by atoms with van der Waals surface area (Å²) in [5.41, 5.74) is 3.18. The van der Waals surface area contributed by atoms with Crippen LogP contribution in [0.25, 0.3) is 0 Å². The Labute approximate surface area is 105 Å². The number of aryl methyl sites for hydroxylation is 1. The van der Waals surface area contributed by atoms with E-state index in [1.54, 1.807) is 11.8 Å². The van der Waals surface area contributed by atoms with Crippen molar-refractivity contribution in [2.45, 2.75) is 32.1 Å². The largest absolute Gasteiger partial charge is 0.396 e. The molecule has 0 atom stereocenters. The molecule has 2 rings (SSSR count). The summed E-state index contributed by atoms with van der Waals surface area (Å²) in [4.78, 5) is 11.6. The molecule has 0 fully saturated rings. The van der Waals surface area contributed by atoms with Crippen molar-refractivity contribution in [2.24, 2.45) is 0 Å². The summed E-state index contributed by atoms with van der Waals surface area (Å²) in [5.74, 6) is 1.72. The van der Waals surface area contributed by atoms with Gasteiger partial charge in [0, 0.05) is 17.7 Å². The second-order valence-corrected chi connectivity index (χ2v) is 5.47. The second kappa shape index (κ2) is 6.21. The zero-order chi connectivity index (χ0) is 12.1. The van der Waals surface area contributed by atoms with Gasteiger partial charge in [-0.1, -0.05) is 0 Å². The highest BCUT2D eigenvalue weighted by atomic mass is 32.2. The fourth-order valence-corrected chi connectivity index (χ4v) is 2.94. The van der Waals surface area contributed by atoms with Crippen LogP contribution in [0.2, 0.25) is 0 Å². The molecule has 5 heteroatoms. The first-order valence-electron chi connectivity index (χ1n) is 6.11. The lowest BCUT2D eigenvalue weighted by Crippen LogP contribution is -2.23. The molecule has 1 aliphatic rings. The van der Waals surface area contributed by atoms with Crippen LogP contribution in [0.4, 0.5) is 0 Å². The average molecular weight is 254 g/mol. The van der Waals surface area contributed by atoms with Crippen LogP contribution in [-0.2, 0) is 19.3 Å². The molecule has 0 saturated heterocycles. The van der Waals surface area contributed by atoms with Crippen molar-refractivity contribution < 1.29 is 5.11 Å². The van der Waals surface area contributed by atoms with Gasteiger partial charge in [-0.05, 0) is 37.0 Å². The molecule has 17 heavy (non-hydrogen) atoms. The number of rotatable bonds is 5. The van der Waals surface area contributed by atoms with Gasteiger partial charge in [-0.25, -0.2) is 5.10 Å². The van der Waals surface area contributed by atoms with E-state index in [2.05, 4.69) is 10.2 Å². The lowest BCUT2D eigenvalue weighted by Gasteiger charge is -2.17. The molecule has 0 amide bonds. The van der Waals surface area contributed by atoms with Crippen LogP contribution >= 0.6 is 11.8 Å². The maximum absolute atomic E-state index is 11.6. The number of fused-ring (bicyclic) bond motifs is 1. The Morgan fingerprint density at radius 1 is 1.24 bits per heavy atom. The molecule has 1 heterocycles. The Hall–Kier alpha value is -0.810. The predicted molar refractivity (Wildman–Crippen MR) is 69.6 cm³/mol. The second-order valence-electron chi connectivity index (χ2n) is 4.25. The Morgan fingerprint density at radius 3 is 2.76 bits per heavy atom. The van der Waals surface area contributed by atoms with E-state index in [4.69, 9.17) is 5.11 Å². The van der Waals surface area contributed by atoms with E-state index >= 15 is 0 Å². The molecular formula is C12H18N2O2S. The lowest BCUT2D eigenvalue weighted by molar-refractivity contribution is 0.322. The first-order valence-corrected chi connectivity index (χ1v) is 7.26. The summed E-state index contributed by atoms with van der Waals surface area (Å²) in [6.07, 6.45) is 5.04. The number of aliphatic hydroxyl groups is 1. The van der Waals surface area contributed by atoms with E-state index in [0.29, 0.717) is 0 Å². The highest BCUT2D eigenvalue weighted by molar-refractivity contribution is 7.99. The molecule has 1 aromatic rings. The van der Waals surface area contributed by atoms with Gasteiger partial charge in [-0.3, -0.25) is 4.79 Å². The first kappa shape index (κ1) is 12.6. The smallest absolute Gasteiger partial charge is 0.267 e. The molecule has 1 aromatic heterocycles. The molecular weight excluding hydrogens is 236 g/mol. The van der Waals surface area contributed by atoms with Crippen LogP contribution in [0.1, 0.15) is 29.7 Å². The number of aromatic nitrogens is 2. The molecule has 0 radical (unpaired) electrons. The zero-order valence-electron chi connectivity index (χ0n) is 9.87. The van der Waals surface area contributed by atoms with Crippen molar-refractivity contribution in [3.05, 3.63) is 27.2 Å². The van der Waals surface area contributed by atoms with Gasteiger partial charge in [-0.15, -0.1) is 0 Å². The summed E-state index contributed by atoms with van der Waals surface area (Å²) in [7, 11) is 0. The fraction of sp³-hybridized carbons (Fsp3) is 0.667. The third-order valence-corrected chi connectivity index (χ3v) is 4.07. The van der Waals surface area contributed by atoms with E-state index in [-0.39, 0.29) is 12.2 Å². The van der Waals surface area contributed by atoms with Gasteiger partial charge in [0.1, 0.15) is 0 Å². The van der Waals surface area contributed by atoms with Crippen molar-refractivity contribution in [1.82, 2.24) is 10.2 Å². The van der Waals surface area contributed by atoms with Crippen LogP contribution in [0.5, 0.6) is 0 Å². The summed E-state index contributed by atoms with van der Waals surface area (Å²) < 4.78 is 0. The van der Waals surface area contributed by atoms with Crippen molar-refractivity contribution >= 4 is 11.8 Å².